The van der Waals surface area contributed by atoms with E-state index in [-0.39, 0.29) is 5.41 Å². The molecular formula is C11H19BO2. The van der Waals surface area contributed by atoms with Gasteiger partial charge in [0.1, 0.15) is 0 Å². The lowest BCUT2D eigenvalue weighted by Gasteiger charge is -2.32. The van der Waals surface area contributed by atoms with Gasteiger partial charge in [-0.2, -0.15) is 0 Å². The zero-order valence-corrected chi connectivity index (χ0v) is 9.25. The Morgan fingerprint density at radius 2 is 2.00 bits per heavy atom. The lowest BCUT2D eigenvalue weighted by Crippen LogP contribution is -2.19. The normalized spacial score (nSPS) is 21.8. The molecule has 0 saturated heterocycles. The first-order chi connectivity index (χ1) is 6.43. The standard InChI is InChI=1S/C11H19BO2/c1-9-5-4-7-11(2,3)10(9)6-8-12(13)14/h6,8,13-14H,4-5,7H2,1-3H3/b8-6+. The first kappa shape index (κ1) is 11.5. The summed E-state index contributed by atoms with van der Waals surface area (Å²) < 4.78 is 0. The highest BCUT2D eigenvalue weighted by Crippen LogP contribution is 2.40. The molecular weight excluding hydrogens is 175 g/mol. The van der Waals surface area contributed by atoms with Gasteiger partial charge in [0.05, 0.1) is 0 Å². The van der Waals surface area contributed by atoms with Crippen molar-refractivity contribution in [3.8, 4) is 0 Å². The van der Waals surface area contributed by atoms with Crippen LogP contribution in [0, 0.1) is 5.41 Å². The van der Waals surface area contributed by atoms with E-state index in [9.17, 15) is 0 Å². The molecule has 0 radical (unpaired) electrons. The topological polar surface area (TPSA) is 40.5 Å². The van der Waals surface area contributed by atoms with Crippen molar-refractivity contribution in [2.24, 2.45) is 5.41 Å². The van der Waals surface area contributed by atoms with E-state index < -0.39 is 7.12 Å². The van der Waals surface area contributed by atoms with Crippen molar-refractivity contribution < 1.29 is 10.0 Å². The number of hydrogen-bond donors (Lipinski definition) is 2. The molecule has 3 heteroatoms. The maximum atomic E-state index is 8.79. The second kappa shape index (κ2) is 4.32. The summed E-state index contributed by atoms with van der Waals surface area (Å²) >= 11 is 0. The van der Waals surface area contributed by atoms with Crippen molar-refractivity contribution in [1.29, 1.82) is 0 Å². The summed E-state index contributed by atoms with van der Waals surface area (Å²) in [5.74, 6) is 1.44. The number of rotatable bonds is 2. The van der Waals surface area contributed by atoms with Gasteiger partial charge in [-0.15, -0.1) is 0 Å². The van der Waals surface area contributed by atoms with E-state index in [1.165, 1.54) is 30.0 Å². The van der Waals surface area contributed by atoms with Crippen molar-refractivity contribution >= 4 is 7.12 Å². The van der Waals surface area contributed by atoms with Crippen LogP contribution in [0.1, 0.15) is 40.0 Å². The van der Waals surface area contributed by atoms with Crippen LogP contribution in [0.5, 0.6) is 0 Å². The average Bonchev–Trinajstić information content (AvgIpc) is 2.01. The monoisotopic (exact) mass is 194 g/mol. The molecule has 0 spiro atoms. The van der Waals surface area contributed by atoms with E-state index in [2.05, 4.69) is 20.8 Å². The molecule has 1 aliphatic carbocycles. The second-order valence-corrected chi connectivity index (χ2v) is 4.70. The minimum Gasteiger partial charge on any atom is -0.424 e. The van der Waals surface area contributed by atoms with E-state index in [4.69, 9.17) is 10.0 Å². The molecule has 0 aromatic heterocycles. The molecule has 2 N–H and O–H groups in total. The molecule has 1 aliphatic rings. The Hall–Kier alpha value is -0.535. The van der Waals surface area contributed by atoms with Gasteiger partial charge in [-0.05, 0) is 37.2 Å². The molecule has 0 atom stereocenters. The largest absolute Gasteiger partial charge is 0.480 e. The van der Waals surface area contributed by atoms with E-state index in [0.29, 0.717) is 0 Å². The summed E-state index contributed by atoms with van der Waals surface area (Å²) in [6.07, 6.45) is 5.40. The van der Waals surface area contributed by atoms with Crippen LogP contribution in [0.4, 0.5) is 0 Å². The molecule has 0 heterocycles. The summed E-state index contributed by atoms with van der Waals surface area (Å²) in [5.41, 5.74) is 2.81. The van der Waals surface area contributed by atoms with Gasteiger partial charge in [-0.25, -0.2) is 0 Å². The lowest BCUT2D eigenvalue weighted by atomic mass is 9.71. The summed E-state index contributed by atoms with van der Waals surface area (Å²) in [5, 5.41) is 17.6. The van der Waals surface area contributed by atoms with Gasteiger partial charge >= 0.3 is 7.12 Å². The predicted octanol–water partition coefficient (Wildman–Crippen LogP) is 2.08. The summed E-state index contributed by atoms with van der Waals surface area (Å²) in [7, 11) is -1.34. The van der Waals surface area contributed by atoms with E-state index in [0.717, 1.165) is 6.42 Å². The summed E-state index contributed by atoms with van der Waals surface area (Å²) in [4.78, 5) is 0. The molecule has 1 rings (SSSR count). The van der Waals surface area contributed by atoms with Crippen LogP contribution < -0.4 is 0 Å². The molecule has 0 fully saturated rings. The quantitative estimate of drug-likeness (QED) is 0.660. The van der Waals surface area contributed by atoms with Crippen LogP contribution in [0.15, 0.2) is 23.2 Å². The summed E-state index contributed by atoms with van der Waals surface area (Å²) in [6.45, 7) is 6.54. The van der Waals surface area contributed by atoms with Crippen molar-refractivity contribution in [2.45, 2.75) is 40.0 Å². The zero-order chi connectivity index (χ0) is 10.8. The second-order valence-electron chi connectivity index (χ2n) is 4.70. The maximum Gasteiger partial charge on any atom is 0.480 e. The van der Waals surface area contributed by atoms with E-state index in [1.54, 1.807) is 0 Å². The van der Waals surface area contributed by atoms with Crippen LogP contribution in [0.3, 0.4) is 0 Å². The number of allylic oxidation sites excluding steroid dienone is 3. The van der Waals surface area contributed by atoms with E-state index >= 15 is 0 Å². The number of hydrogen-bond acceptors (Lipinski definition) is 2. The first-order valence-corrected chi connectivity index (χ1v) is 5.18. The highest BCUT2D eigenvalue weighted by atomic mass is 16.4. The molecule has 14 heavy (non-hydrogen) atoms. The highest BCUT2D eigenvalue weighted by molar-refractivity contribution is 6.47. The Labute approximate surface area is 86.5 Å². The first-order valence-electron chi connectivity index (χ1n) is 5.18. The SMILES string of the molecule is CC1=C(/C=C/B(O)O)C(C)(C)CCC1. The fraction of sp³-hybridized carbons (Fsp3) is 0.636. The molecule has 0 saturated carbocycles. The highest BCUT2D eigenvalue weighted by Gasteiger charge is 2.26. The molecule has 78 valence electrons. The third kappa shape index (κ3) is 2.73. The van der Waals surface area contributed by atoms with Crippen molar-refractivity contribution in [3.63, 3.8) is 0 Å². The Kier molecular flexibility index (Phi) is 3.56. The molecule has 0 aliphatic heterocycles. The molecule has 0 bridgehead atoms. The average molecular weight is 194 g/mol. The van der Waals surface area contributed by atoms with Crippen LogP contribution >= 0.6 is 0 Å². The predicted molar refractivity (Wildman–Crippen MR) is 59.7 cm³/mol. The summed E-state index contributed by atoms with van der Waals surface area (Å²) in [6, 6.07) is 0. The van der Waals surface area contributed by atoms with Gasteiger partial charge in [0.2, 0.25) is 0 Å². The fourth-order valence-corrected chi connectivity index (χ4v) is 2.19. The minimum absolute atomic E-state index is 0.174. The Bertz CT molecular complexity index is 264. The Morgan fingerprint density at radius 1 is 1.36 bits per heavy atom. The molecule has 0 amide bonds. The van der Waals surface area contributed by atoms with Crippen LogP contribution in [0.25, 0.3) is 0 Å². The Morgan fingerprint density at radius 3 is 2.50 bits per heavy atom. The van der Waals surface area contributed by atoms with Gasteiger partial charge < -0.3 is 10.0 Å². The van der Waals surface area contributed by atoms with Crippen molar-refractivity contribution in [1.82, 2.24) is 0 Å². The fourth-order valence-electron chi connectivity index (χ4n) is 2.19. The maximum absolute atomic E-state index is 8.79. The van der Waals surface area contributed by atoms with E-state index in [1.807, 2.05) is 6.08 Å². The lowest BCUT2D eigenvalue weighted by molar-refractivity contribution is 0.376. The smallest absolute Gasteiger partial charge is 0.424 e. The van der Waals surface area contributed by atoms with Gasteiger partial charge in [0, 0.05) is 0 Å². The van der Waals surface area contributed by atoms with Crippen LogP contribution in [-0.4, -0.2) is 17.2 Å². The molecule has 0 aromatic rings. The van der Waals surface area contributed by atoms with Crippen molar-refractivity contribution in [3.05, 3.63) is 23.2 Å². The minimum atomic E-state index is -1.34. The van der Waals surface area contributed by atoms with Gasteiger partial charge in [-0.3, -0.25) is 0 Å². The van der Waals surface area contributed by atoms with Crippen LogP contribution in [0.2, 0.25) is 0 Å². The third-order valence-electron chi connectivity index (χ3n) is 2.98. The zero-order valence-electron chi connectivity index (χ0n) is 9.25. The van der Waals surface area contributed by atoms with Crippen LogP contribution in [-0.2, 0) is 0 Å². The molecule has 0 aromatic carbocycles. The third-order valence-corrected chi connectivity index (χ3v) is 2.98. The van der Waals surface area contributed by atoms with Gasteiger partial charge in [0.25, 0.3) is 0 Å². The van der Waals surface area contributed by atoms with Gasteiger partial charge in [0.15, 0.2) is 0 Å². The van der Waals surface area contributed by atoms with Gasteiger partial charge in [-0.1, -0.05) is 31.5 Å². The molecule has 0 unspecified atom stereocenters. The molecule has 2 nitrogen and oxygen atoms in total. The Balaban J connectivity index is 2.91. The van der Waals surface area contributed by atoms with Crippen molar-refractivity contribution in [2.75, 3.05) is 0 Å².